The van der Waals surface area contributed by atoms with Gasteiger partial charge in [0.05, 0.1) is 0 Å². The van der Waals surface area contributed by atoms with Crippen molar-refractivity contribution in [2.45, 2.75) is 18.9 Å². The lowest BCUT2D eigenvalue weighted by atomic mass is 10.0. The molecule has 0 aromatic heterocycles. The van der Waals surface area contributed by atoms with E-state index in [9.17, 15) is 4.79 Å². The van der Waals surface area contributed by atoms with E-state index >= 15 is 0 Å². The molecule has 80 valence electrons. The van der Waals surface area contributed by atoms with E-state index in [-0.39, 0.29) is 0 Å². The quantitative estimate of drug-likeness (QED) is 0.341. The maximum atomic E-state index is 10.8. The standard InChI is InChI=1S/C11H12INO2/c12-8-13-10(11(14)15)7-6-9-4-2-1-3-5-9/h1-2,4,10,13H,6-8H2,(H,14,15)/t10-/m0/s1. The fraction of sp³-hybridized carbons (Fsp3) is 0.364. The van der Waals surface area contributed by atoms with Crippen molar-refractivity contribution in [2.24, 2.45) is 0 Å². The van der Waals surface area contributed by atoms with Crippen LogP contribution in [-0.2, 0) is 4.79 Å². The number of carbonyl (C=O) groups is 1. The summed E-state index contributed by atoms with van der Waals surface area (Å²) in [4.78, 5) is 10.8. The van der Waals surface area contributed by atoms with Crippen LogP contribution in [0, 0.1) is 0 Å². The Morgan fingerprint density at radius 3 is 3.00 bits per heavy atom. The summed E-state index contributed by atoms with van der Waals surface area (Å²) in [5.74, 6) is -0.799. The van der Waals surface area contributed by atoms with E-state index in [4.69, 9.17) is 5.11 Å². The van der Waals surface area contributed by atoms with Gasteiger partial charge in [0.15, 0.2) is 0 Å². The first kappa shape index (κ1) is 12.3. The van der Waals surface area contributed by atoms with E-state index in [1.807, 2.05) is 12.2 Å². The van der Waals surface area contributed by atoms with Gasteiger partial charge in [0, 0.05) is 10.1 Å². The van der Waals surface area contributed by atoms with Crippen molar-refractivity contribution in [1.29, 1.82) is 0 Å². The van der Waals surface area contributed by atoms with E-state index in [0.29, 0.717) is 17.4 Å². The van der Waals surface area contributed by atoms with Crippen molar-refractivity contribution in [3.63, 3.8) is 0 Å². The predicted molar refractivity (Wildman–Crippen MR) is 66.9 cm³/mol. The predicted octanol–water partition coefficient (Wildman–Crippen LogP) is 2.01. The average molecular weight is 317 g/mol. The SMILES string of the molecule is O=C(O)[C@H](CCC1=C=C=CC=C1)NCI. The minimum atomic E-state index is -0.799. The molecule has 0 unspecified atom stereocenters. The van der Waals surface area contributed by atoms with Gasteiger partial charge in [-0.05, 0) is 25.0 Å². The van der Waals surface area contributed by atoms with Crippen molar-refractivity contribution in [3.8, 4) is 0 Å². The van der Waals surface area contributed by atoms with Gasteiger partial charge in [-0.15, -0.1) is 0 Å². The number of alkyl halides is 1. The fourth-order valence-corrected chi connectivity index (χ4v) is 1.77. The van der Waals surface area contributed by atoms with E-state index in [1.165, 1.54) is 0 Å². The van der Waals surface area contributed by atoms with E-state index < -0.39 is 12.0 Å². The summed E-state index contributed by atoms with van der Waals surface area (Å²) in [6.45, 7) is 0. The molecule has 0 radical (unpaired) electrons. The summed E-state index contributed by atoms with van der Waals surface area (Å²) in [6, 6.07) is -0.476. The summed E-state index contributed by atoms with van der Waals surface area (Å²) < 4.78 is 0.638. The first-order valence-electron chi connectivity index (χ1n) is 4.63. The second-order valence-corrected chi connectivity index (χ2v) is 3.85. The largest absolute Gasteiger partial charge is 0.480 e. The first-order valence-corrected chi connectivity index (χ1v) is 6.16. The maximum absolute atomic E-state index is 10.8. The monoisotopic (exact) mass is 317 g/mol. The number of halogens is 1. The Bertz CT molecular complexity index is 361. The van der Waals surface area contributed by atoms with Gasteiger partial charge in [-0.25, -0.2) is 0 Å². The molecule has 0 spiro atoms. The number of carboxylic acids is 1. The number of aliphatic carboxylic acids is 1. The van der Waals surface area contributed by atoms with Crippen LogP contribution in [0.4, 0.5) is 0 Å². The molecule has 4 heteroatoms. The third-order valence-electron chi connectivity index (χ3n) is 2.03. The topological polar surface area (TPSA) is 49.3 Å². The Kier molecular flexibility index (Phi) is 5.43. The zero-order valence-corrected chi connectivity index (χ0v) is 10.3. The van der Waals surface area contributed by atoms with Gasteiger partial charge in [-0.2, -0.15) is 0 Å². The second-order valence-electron chi connectivity index (χ2n) is 3.09. The van der Waals surface area contributed by atoms with Crippen molar-refractivity contribution < 1.29 is 9.90 Å². The van der Waals surface area contributed by atoms with Gasteiger partial charge in [0.25, 0.3) is 0 Å². The molecule has 1 aliphatic rings. The Morgan fingerprint density at radius 2 is 2.47 bits per heavy atom. The lowest BCUT2D eigenvalue weighted by molar-refractivity contribution is -0.139. The van der Waals surface area contributed by atoms with Crippen LogP contribution in [0.5, 0.6) is 0 Å². The Hall–Kier alpha value is -0.800. The Labute approximate surface area is 102 Å². The van der Waals surface area contributed by atoms with Gasteiger partial charge in [-0.1, -0.05) is 40.1 Å². The highest BCUT2D eigenvalue weighted by molar-refractivity contribution is 14.1. The lowest BCUT2D eigenvalue weighted by Gasteiger charge is -2.11. The molecule has 0 saturated carbocycles. The van der Waals surface area contributed by atoms with Crippen LogP contribution in [0.25, 0.3) is 0 Å². The van der Waals surface area contributed by atoms with Gasteiger partial charge < -0.3 is 5.11 Å². The summed E-state index contributed by atoms with van der Waals surface area (Å²) in [7, 11) is 0. The lowest BCUT2D eigenvalue weighted by Crippen LogP contribution is -2.35. The molecule has 0 fully saturated rings. The molecule has 0 aliphatic heterocycles. The van der Waals surface area contributed by atoms with Crippen LogP contribution in [0.15, 0.2) is 35.3 Å². The third-order valence-corrected chi connectivity index (χ3v) is 2.47. The maximum Gasteiger partial charge on any atom is 0.320 e. The molecule has 0 amide bonds. The summed E-state index contributed by atoms with van der Waals surface area (Å²) in [6.07, 6.45) is 6.87. The average Bonchev–Trinajstić information content (AvgIpc) is 2.25. The molecule has 1 aliphatic carbocycles. The highest BCUT2D eigenvalue weighted by atomic mass is 127. The summed E-state index contributed by atoms with van der Waals surface area (Å²) in [5.41, 5.74) is 6.81. The molecule has 1 rings (SSSR count). The number of nitrogens with one attached hydrogen (secondary N) is 1. The van der Waals surface area contributed by atoms with Crippen LogP contribution >= 0.6 is 22.6 Å². The fourth-order valence-electron chi connectivity index (χ4n) is 1.24. The van der Waals surface area contributed by atoms with E-state index in [1.54, 1.807) is 6.08 Å². The Balaban J connectivity index is 2.47. The molecule has 3 nitrogen and oxygen atoms in total. The minimum absolute atomic E-state index is 0.476. The van der Waals surface area contributed by atoms with Crippen LogP contribution < -0.4 is 5.32 Å². The van der Waals surface area contributed by atoms with Crippen molar-refractivity contribution in [2.75, 3.05) is 4.55 Å². The van der Waals surface area contributed by atoms with Crippen LogP contribution in [0.2, 0.25) is 0 Å². The molecule has 0 aromatic carbocycles. The van der Waals surface area contributed by atoms with E-state index in [2.05, 4.69) is 39.4 Å². The number of rotatable bonds is 6. The minimum Gasteiger partial charge on any atom is -0.480 e. The van der Waals surface area contributed by atoms with Gasteiger partial charge in [0.1, 0.15) is 6.04 Å². The van der Waals surface area contributed by atoms with E-state index in [0.717, 1.165) is 5.57 Å². The highest BCUT2D eigenvalue weighted by Gasteiger charge is 2.15. The molecular weight excluding hydrogens is 305 g/mol. The van der Waals surface area contributed by atoms with Crippen molar-refractivity contribution in [1.82, 2.24) is 5.32 Å². The van der Waals surface area contributed by atoms with Crippen molar-refractivity contribution in [3.05, 3.63) is 35.3 Å². The van der Waals surface area contributed by atoms with Crippen LogP contribution in [0.3, 0.4) is 0 Å². The van der Waals surface area contributed by atoms with Gasteiger partial charge >= 0.3 is 5.97 Å². The second kappa shape index (κ2) is 6.64. The normalized spacial score (nSPS) is 15.1. The molecule has 15 heavy (non-hydrogen) atoms. The first-order chi connectivity index (χ1) is 7.24. The van der Waals surface area contributed by atoms with Crippen molar-refractivity contribution >= 4 is 28.6 Å². The highest BCUT2D eigenvalue weighted by Crippen LogP contribution is 2.10. The van der Waals surface area contributed by atoms with Gasteiger partial charge in [-0.3, -0.25) is 10.1 Å². The van der Waals surface area contributed by atoms with Gasteiger partial charge in [0.2, 0.25) is 0 Å². The number of allylic oxidation sites excluding steroid dienone is 4. The number of hydrogen-bond acceptors (Lipinski definition) is 2. The summed E-state index contributed by atoms with van der Waals surface area (Å²) >= 11 is 2.10. The molecular formula is C11H12INO2. The molecule has 0 saturated heterocycles. The number of carboxylic acid groups (broad SMARTS) is 1. The zero-order valence-electron chi connectivity index (χ0n) is 8.16. The summed E-state index contributed by atoms with van der Waals surface area (Å²) in [5, 5.41) is 11.8. The molecule has 2 N–H and O–H groups in total. The zero-order chi connectivity index (χ0) is 11.1. The smallest absolute Gasteiger partial charge is 0.320 e. The molecule has 0 bridgehead atoms. The number of hydrogen-bond donors (Lipinski definition) is 2. The molecule has 0 aromatic rings. The molecule has 0 heterocycles. The Morgan fingerprint density at radius 1 is 1.67 bits per heavy atom. The third kappa shape index (κ3) is 4.49. The van der Waals surface area contributed by atoms with Crippen LogP contribution in [0.1, 0.15) is 12.8 Å². The molecule has 1 atom stereocenters. The van der Waals surface area contributed by atoms with Crippen LogP contribution in [-0.4, -0.2) is 21.7 Å².